The second-order valence-electron chi connectivity index (χ2n) is 9.76. The normalized spacial score (nSPS) is 16.4. The number of carbonyl (C=O) groups excluding carboxylic acids is 2. The Labute approximate surface area is 233 Å². The van der Waals surface area contributed by atoms with Gasteiger partial charge in [0.1, 0.15) is 5.82 Å². The fourth-order valence-electron chi connectivity index (χ4n) is 5.42. The molecule has 0 bridgehead atoms. The van der Waals surface area contributed by atoms with Gasteiger partial charge < -0.3 is 9.80 Å². The Morgan fingerprint density at radius 1 is 0.897 bits per heavy atom. The molecule has 4 aromatic carbocycles. The third-order valence-corrected chi connectivity index (χ3v) is 7.57. The van der Waals surface area contributed by atoms with Crippen molar-refractivity contribution in [1.29, 1.82) is 0 Å². The lowest BCUT2D eigenvalue weighted by Crippen LogP contribution is -2.49. The summed E-state index contributed by atoms with van der Waals surface area (Å²) in [6.45, 7) is 1.86. The van der Waals surface area contributed by atoms with Gasteiger partial charge in [0.2, 0.25) is 5.91 Å². The number of amides is 2. The van der Waals surface area contributed by atoms with Crippen LogP contribution in [0, 0.1) is 5.82 Å². The zero-order chi connectivity index (χ0) is 27.4. The Balaban J connectivity index is 1.60. The number of hydrogen-bond acceptors (Lipinski definition) is 2. The zero-order valence-electron chi connectivity index (χ0n) is 21.8. The van der Waals surface area contributed by atoms with E-state index in [0.29, 0.717) is 29.8 Å². The molecule has 4 aromatic rings. The smallest absolute Gasteiger partial charge is 0.258 e. The van der Waals surface area contributed by atoms with Crippen LogP contribution in [-0.2, 0) is 11.2 Å². The van der Waals surface area contributed by atoms with Crippen LogP contribution in [-0.4, -0.2) is 17.9 Å². The van der Waals surface area contributed by atoms with E-state index in [4.69, 9.17) is 11.6 Å². The largest absolute Gasteiger partial charge is 0.305 e. The van der Waals surface area contributed by atoms with E-state index in [1.807, 2.05) is 71.3 Å². The van der Waals surface area contributed by atoms with Crippen molar-refractivity contribution in [1.82, 2.24) is 0 Å². The van der Waals surface area contributed by atoms with Crippen molar-refractivity contribution < 1.29 is 14.0 Å². The average molecular weight is 541 g/mol. The molecule has 0 aliphatic carbocycles. The summed E-state index contributed by atoms with van der Waals surface area (Å²) in [6, 6.07) is 30.5. The van der Waals surface area contributed by atoms with Crippen LogP contribution in [0.15, 0.2) is 103 Å². The highest BCUT2D eigenvalue weighted by atomic mass is 35.5. The quantitative estimate of drug-likeness (QED) is 0.238. The van der Waals surface area contributed by atoms with Crippen LogP contribution < -0.4 is 9.80 Å². The summed E-state index contributed by atoms with van der Waals surface area (Å²) in [5, 5.41) is 0.600. The fraction of sp³-hybridized carbons (Fsp3) is 0.212. The molecule has 5 rings (SSSR count). The van der Waals surface area contributed by atoms with Gasteiger partial charge in [0, 0.05) is 34.4 Å². The van der Waals surface area contributed by atoms with E-state index in [2.05, 4.69) is 12.1 Å². The minimum Gasteiger partial charge on any atom is -0.305 e. The van der Waals surface area contributed by atoms with Gasteiger partial charge in [0.25, 0.3) is 5.91 Å². The highest BCUT2D eigenvalue weighted by Gasteiger charge is 2.40. The summed E-state index contributed by atoms with van der Waals surface area (Å²) in [5.74, 6) is -0.570. The van der Waals surface area contributed by atoms with Gasteiger partial charge in [-0.25, -0.2) is 4.39 Å². The molecule has 0 saturated carbocycles. The summed E-state index contributed by atoms with van der Waals surface area (Å²) in [4.78, 5) is 31.1. The fourth-order valence-corrected chi connectivity index (χ4v) is 5.55. The van der Waals surface area contributed by atoms with Crippen LogP contribution >= 0.6 is 11.6 Å². The predicted molar refractivity (Wildman–Crippen MR) is 155 cm³/mol. The summed E-state index contributed by atoms with van der Waals surface area (Å²) >= 11 is 6.17. The molecular formula is C33H30ClFN2O2. The number of benzene rings is 4. The Hall–Kier alpha value is -3.96. The van der Waals surface area contributed by atoms with Gasteiger partial charge in [-0.1, -0.05) is 67.1 Å². The molecule has 1 aliphatic heterocycles. The lowest BCUT2D eigenvalue weighted by Gasteiger charge is -2.45. The molecule has 6 heteroatoms. The minimum atomic E-state index is -0.386. The Morgan fingerprint density at radius 3 is 2.26 bits per heavy atom. The number of carbonyl (C=O) groups is 2. The van der Waals surface area contributed by atoms with Crippen LogP contribution in [0.25, 0.3) is 0 Å². The lowest BCUT2D eigenvalue weighted by molar-refractivity contribution is -0.118. The standard InChI is InChI=1S/C33H30ClFN2O2/c1-2-32(38)36(27-20-15-25(34)16-21-27)31-22-28(19-12-23-8-4-3-5-9-23)37(30-11-7-6-10-29(30)31)33(39)24-13-17-26(35)18-14-24/h3-11,13-18,20-21,28,31H,2,12,19,22H2,1H3/t28-,31+/m1/s1. The maximum Gasteiger partial charge on any atom is 0.258 e. The van der Waals surface area contributed by atoms with Crippen LogP contribution in [0.2, 0.25) is 5.02 Å². The second kappa shape index (κ2) is 11.8. The topological polar surface area (TPSA) is 40.6 Å². The third kappa shape index (κ3) is 5.74. The number of para-hydroxylation sites is 1. The molecule has 0 unspecified atom stereocenters. The average Bonchev–Trinajstić information content (AvgIpc) is 2.97. The Bertz CT molecular complexity index is 1440. The van der Waals surface area contributed by atoms with Gasteiger partial charge in [-0.2, -0.15) is 0 Å². The van der Waals surface area contributed by atoms with Gasteiger partial charge in [-0.15, -0.1) is 0 Å². The van der Waals surface area contributed by atoms with Crippen LogP contribution in [0.4, 0.5) is 15.8 Å². The number of aryl methyl sites for hydroxylation is 1. The lowest BCUT2D eigenvalue weighted by atomic mass is 9.86. The monoisotopic (exact) mass is 540 g/mol. The van der Waals surface area contributed by atoms with Crippen molar-refractivity contribution in [2.24, 2.45) is 0 Å². The van der Waals surface area contributed by atoms with Crippen LogP contribution in [0.1, 0.15) is 53.7 Å². The van der Waals surface area contributed by atoms with Gasteiger partial charge in [-0.05, 0) is 85.0 Å². The van der Waals surface area contributed by atoms with E-state index in [1.165, 1.54) is 29.8 Å². The van der Waals surface area contributed by atoms with Crippen molar-refractivity contribution in [2.45, 2.75) is 44.7 Å². The predicted octanol–water partition coefficient (Wildman–Crippen LogP) is 8.02. The van der Waals surface area contributed by atoms with Crippen LogP contribution in [0.5, 0.6) is 0 Å². The molecule has 198 valence electrons. The number of rotatable bonds is 7. The van der Waals surface area contributed by atoms with Gasteiger partial charge >= 0.3 is 0 Å². The highest BCUT2D eigenvalue weighted by molar-refractivity contribution is 6.30. The van der Waals surface area contributed by atoms with E-state index >= 15 is 0 Å². The van der Waals surface area contributed by atoms with Gasteiger partial charge in [0.05, 0.1) is 6.04 Å². The molecule has 39 heavy (non-hydrogen) atoms. The summed E-state index contributed by atoms with van der Waals surface area (Å²) in [7, 11) is 0. The summed E-state index contributed by atoms with van der Waals surface area (Å²) < 4.78 is 13.7. The molecule has 0 N–H and O–H groups in total. The second-order valence-corrected chi connectivity index (χ2v) is 10.2. The molecule has 2 atom stereocenters. The number of hydrogen-bond donors (Lipinski definition) is 0. The Morgan fingerprint density at radius 2 is 1.56 bits per heavy atom. The number of fused-ring (bicyclic) bond motifs is 1. The SMILES string of the molecule is CCC(=O)N(c1ccc(Cl)cc1)[C@H]1C[C@@H](CCc2ccccc2)N(C(=O)c2ccc(F)cc2)c2ccccc21. The van der Waals surface area contributed by atoms with Crippen molar-refractivity contribution in [2.75, 3.05) is 9.80 Å². The molecule has 1 heterocycles. The van der Waals surface area contributed by atoms with Crippen molar-refractivity contribution in [3.05, 3.63) is 131 Å². The number of halogens is 2. The molecule has 0 aromatic heterocycles. The van der Waals surface area contributed by atoms with Gasteiger partial charge in [-0.3, -0.25) is 9.59 Å². The van der Waals surface area contributed by atoms with Crippen molar-refractivity contribution in [3.63, 3.8) is 0 Å². The summed E-state index contributed by atoms with van der Waals surface area (Å²) in [5.41, 5.74) is 4.05. The molecule has 2 amide bonds. The molecule has 0 fully saturated rings. The minimum absolute atomic E-state index is 0.00255. The first-order valence-corrected chi connectivity index (χ1v) is 13.6. The number of nitrogens with zero attached hydrogens (tertiary/aromatic N) is 2. The van der Waals surface area contributed by atoms with Crippen LogP contribution in [0.3, 0.4) is 0 Å². The highest BCUT2D eigenvalue weighted by Crippen LogP contribution is 2.44. The van der Waals surface area contributed by atoms with E-state index in [1.54, 1.807) is 12.1 Å². The first-order chi connectivity index (χ1) is 19.0. The first kappa shape index (κ1) is 26.6. The van der Waals surface area contributed by atoms with Crippen molar-refractivity contribution in [3.8, 4) is 0 Å². The molecule has 0 spiro atoms. The Kier molecular flexibility index (Phi) is 8.08. The molecule has 1 aliphatic rings. The van der Waals surface area contributed by atoms with E-state index in [0.717, 1.165) is 23.4 Å². The molecule has 0 saturated heterocycles. The summed E-state index contributed by atoms with van der Waals surface area (Å²) in [6.07, 6.45) is 2.38. The zero-order valence-corrected chi connectivity index (χ0v) is 22.5. The first-order valence-electron chi connectivity index (χ1n) is 13.3. The van der Waals surface area contributed by atoms with E-state index < -0.39 is 0 Å². The van der Waals surface area contributed by atoms with Gasteiger partial charge in [0.15, 0.2) is 0 Å². The number of anilines is 2. The van der Waals surface area contributed by atoms with E-state index in [9.17, 15) is 14.0 Å². The maximum atomic E-state index is 14.0. The molecule has 4 nitrogen and oxygen atoms in total. The third-order valence-electron chi connectivity index (χ3n) is 7.32. The molecular weight excluding hydrogens is 511 g/mol. The van der Waals surface area contributed by atoms with E-state index in [-0.39, 0.29) is 29.7 Å². The molecule has 0 radical (unpaired) electrons. The maximum absolute atomic E-state index is 14.0. The van der Waals surface area contributed by atoms with Crippen molar-refractivity contribution >= 4 is 34.8 Å².